The van der Waals surface area contributed by atoms with Crippen LogP contribution in [0.1, 0.15) is 32.8 Å². The molecule has 0 radical (unpaired) electrons. The maximum atomic E-state index is 13.4. The maximum absolute atomic E-state index is 13.4. The first-order valence-electron chi connectivity index (χ1n) is 6.59. The highest BCUT2D eigenvalue weighted by Gasteiger charge is 2.30. The summed E-state index contributed by atoms with van der Waals surface area (Å²) in [7, 11) is -3.79. The minimum atomic E-state index is -3.79. The molecule has 0 saturated heterocycles. The number of sulfonamides is 1. The van der Waals surface area contributed by atoms with Crippen LogP contribution in [-0.4, -0.2) is 20.5 Å². The average molecular weight is 302 g/mol. The average Bonchev–Trinajstić information content (AvgIpc) is 2.25. The van der Waals surface area contributed by atoms with E-state index in [0.29, 0.717) is 17.9 Å². The van der Waals surface area contributed by atoms with Gasteiger partial charge in [-0.25, -0.2) is 17.5 Å². The van der Waals surface area contributed by atoms with E-state index in [0.717, 1.165) is 6.07 Å². The van der Waals surface area contributed by atoms with Crippen LogP contribution in [0, 0.1) is 18.7 Å². The lowest BCUT2D eigenvalue weighted by molar-refractivity contribution is 0.344. The molecule has 1 atom stereocenters. The smallest absolute Gasteiger partial charge is 0.241 e. The Balaban J connectivity index is 3.10. The first-order chi connectivity index (χ1) is 9.08. The van der Waals surface area contributed by atoms with Crippen LogP contribution in [0.3, 0.4) is 0 Å². The minimum Gasteiger partial charge on any atom is -0.329 e. The van der Waals surface area contributed by atoms with E-state index in [4.69, 9.17) is 5.73 Å². The van der Waals surface area contributed by atoms with Crippen molar-refractivity contribution < 1.29 is 12.8 Å². The Morgan fingerprint density at radius 2 is 1.95 bits per heavy atom. The second kappa shape index (κ2) is 6.20. The van der Waals surface area contributed by atoms with Crippen LogP contribution in [0.2, 0.25) is 0 Å². The Hall–Kier alpha value is -0.980. The quantitative estimate of drug-likeness (QED) is 0.846. The van der Waals surface area contributed by atoms with E-state index in [1.807, 2.05) is 13.8 Å². The number of aryl methyl sites for hydroxylation is 1. The number of nitrogens with two attached hydrogens (primary N) is 1. The molecule has 3 N–H and O–H groups in total. The lowest BCUT2D eigenvalue weighted by atomic mass is 9.92. The molecule has 1 unspecified atom stereocenters. The minimum absolute atomic E-state index is 0.0709. The van der Waals surface area contributed by atoms with Crippen molar-refractivity contribution in [2.45, 2.75) is 44.6 Å². The molecular formula is C14H23FN2O2S. The monoisotopic (exact) mass is 302 g/mol. The largest absolute Gasteiger partial charge is 0.329 e. The predicted molar refractivity (Wildman–Crippen MR) is 78.4 cm³/mol. The first kappa shape index (κ1) is 17.1. The number of hydrogen-bond donors (Lipinski definition) is 2. The normalized spacial score (nSPS) is 15.3. The summed E-state index contributed by atoms with van der Waals surface area (Å²) in [6.45, 7) is 7.58. The van der Waals surface area contributed by atoms with Crippen molar-refractivity contribution >= 4 is 10.0 Å². The molecule has 0 aliphatic heterocycles. The summed E-state index contributed by atoms with van der Waals surface area (Å²) in [6, 6.07) is 3.74. The summed E-state index contributed by atoms with van der Waals surface area (Å²) >= 11 is 0. The predicted octanol–water partition coefficient (Wildman–Crippen LogP) is 2.18. The van der Waals surface area contributed by atoms with Crippen LogP contribution in [0.15, 0.2) is 23.1 Å². The van der Waals surface area contributed by atoms with E-state index in [-0.39, 0.29) is 11.4 Å². The lowest BCUT2D eigenvalue weighted by Crippen LogP contribution is -2.52. The molecule has 0 amide bonds. The van der Waals surface area contributed by atoms with Gasteiger partial charge in [-0.2, -0.15) is 0 Å². The molecule has 0 heterocycles. The Morgan fingerprint density at radius 1 is 1.35 bits per heavy atom. The summed E-state index contributed by atoms with van der Waals surface area (Å²) < 4.78 is 40.7. The van der Waals surface area contributed by atoms with Gasteiger partial charge in [-0.1, -0.05) is 13.8 Å². The fourth-order valence-electron chi connectivity index (χ4n) is 2.31. The lowest BCUT2D eigenvalue weighted by Gasteiger charge is -2.30. The van der Waals surface area contributed by atoms with Gasteiger partial charge >= 0.3 is 0 Å². The summed E-state index contributed by atoms with van der Waals surface area (Å²) in [5.74, 6) is -0.274. The second-order valence-corrected chi connectivity index (χ2v) is 7.61. The third-order valence-corrected chi connectivity index (χ3v) is 4.63. The van der Waals surface area contributed by atoms with Crippen LogP contribution < -0.4 is 10.5 Å². The summed E-state index contributed by atoms with van der Waals surface area (Å²) in [4.78, 5) is -0.0709. The molecule has 0 spiro atoms. The molecular weight excluding hydrogens is 279 g/mol. The SMILES string of the molecule is Cc1cc(F)cc(S(=O)(=O)NC(C)(CN)CC(C)C)c1. The van der Waals surface area contributed by atoms with Crippen LogP contribution >= 0.6 is 0 Å². The van der Waals surface area contributed by atoms with E-state index in [9.17, 15) is 12.8 Å². The van der Waals surface area contributed by atoms with Gasteiger partial charge in [-0.3, -0.25) is 0 Å². The van der Waals surface area contributed by atoms with Crippen molar-refractivity contribution in [2.75, 3.05) is 6.54 Å². The zero-order valence-electron chi connectivity index (χ0n) is 12.4. The summed E-state index contributed by atoms with van der Waals surface area (Å²) in [6.07, 6.45) is 0.608. The van der Waals surface area contributed by atoms with E-state index in [1.54, 1.807) is 13.8 Å². The van der Waals surface area contributed by atoms with Gasteiger partial charge in [0.15, 0.2) is 0 Å². The van der Waals surface area contributed by atoms with E-state index >= 15 is 0 Å². The van der Waals surface area contributed by atoms with Gasteiger partial charge in [-0.05, 0) is 49.9 Å². The van der Waals surface area contributed by atoms with E-state index in [1.165, 1.54) is 12.1 Å². The molecule has 0 aliphatic carbocycles. The number of nitrogens with one attached hydrogen (secondary N) is 1. The topological polar surface area (TPSA) is 72.2 Å². The van der Waals surface area contributed by atoms with Crippen molar-refractivity contribution in [2.24, 2.45) is 11.7 Å². The molecule has 0 fully saturated rings. The van der Waals surface area contributed by atoms with Crippen molar-refractivity contribution in [1.29, 1.82) is 0 Å². The highest BCUT2D eigenvalue weighted by atomic mass is 32.2. The second-order valence-electron chi connectivity index (χ2n) is 5.93. The Morgan fingerprint density at radius 3 is 2.40 bits per heavy atom. The molecule has 0 saturated carbocycles. The van der Waals surface area contributed by atoms with Gasteiger partial charge in [0.05, 0.1) is 4.90 Å². The van der Waals surface area contributed by atoms with Crippen molar-refractivity contribution in [3.05, 3.63) is 29.6 Å². The van der Waals surface area contributed by atoms with Crippen LogP contribution in [0.4, 0.5) is 4.39 Å². The van der Waals surface area contributed by atoms with Gasteiger partial charge < -0.3 is 5.73 Å². The van der Waals surface area contributed by atoms with Gasteiger partial charge in [-0.15, -0.1) is 0 Å². The van der Waals surface area contributed by atoms with Crippen molar-refractivity contribution in [1.82, 2.24) is 4.72 Å². The summed E-state index contributed by atoms with van der Waals surface area (Å²) in [5, 5.41) is 0. The third kappa shape index (κ3) is 4.54. The molecule has 0 aromatic heterocycles. The fraction of sp³-hybridized carbons (Fsp3) is 0.571. The van der Waals surface area contributed by atoms with Crippen LogP contribution in [-0.2, 0) is 10.0 Å². The number of hydrogen-bond acceptors (Lipinski definition) is 3. The van der Waals surface area contributed by atoms with Crippen LogP contribution in [0.5, 0.6) is 0 Å². The molecule has 1 aromatic carbocycles. The van der Waals surface area contributed by atoms with E-state index < -0.39 is 21.4 Å². The Kier molecular flexibility index (Phi) is 5.29. The van der Waals surface area contributed by atoms with E-state index in [2.05, 4.69) is 4.72 Å². The maximum Gasteiger partial charge on any atom is 0.241 e. The highest BCUT2D eigenvalue weighted by Crippen LogP contribution is 2.20. The van der Waals surface area contributed by atoms with Gasteiger partial charge in [0.1, 0.15) is 5.82 Å². The Labute approximate surface area is 120 Å². The van der Waals surface area contributed by atoms with Crippen LogP contribution in [0.25, 0.3) is 0 Å². The summed E-state index contributed by atoms with van der Waals surface area (Å²) in [5.41, 5.74) is 5.52. The fourth-order valence-corrected chi connectivity index (χ4v) is 3.85. The molecule has 6 heteroatoms. The van der Waals surface area contributed by atoms with Crippen molar-refractivity contribution in [3.8, 4) is 0 Å². The van der Waals surface area contributed by atoms with Gasteiger partial charge in [0, 0.05) is 12.1 Å². The first-order valence-corrected chi connectivity index (χ1v) is 8.07. The van der Waals surface area contributed by atoms with Crippen molar-refractivity contribution in [3.63, 3.8) is 0 Å². The third-order valence-electron chi connectivity index (χ3n) is 3.02. The Bertz CT molecular complexity index is 552. The molecule has 1 rings (SSSR count). The number of halogens is 1. The zero-order valence-corrected chi connectivity index (χ0v) is 13.2. The van der Waals surface area contributed by atoms with Gasteiger partial charge in [0.2, 0.25) is 10.0 Å². The molecule has 114 valence electrons. The molecule has 4 nitrogen and oxygen atoms in total. The molecule has 1 aromatic rings. The molecule has 0 aliphatic rings. The zero-order chi connectivity index (χ0) is 15.6. The molecule has 20 heavy (non-hydrogen) atoms. The number of benzene rings is 1. The van der Waals surface area contributed by atoms with Gasteiger partial charge in [0.25, 0.3) is 0 Å². The molecule has 0 bridgehead atoms. The number of rotatable bonds is 6. The highest BCUT2D eigenvalue weighted by molar-refractivity contribution is 7.89. The standard InChI is InChI=1S/C14H23FN2O2S/c1-10(2)8-14(4,9-16)17-20(18,19)13-6-11(3)5-12(15)7-13/h5-7,10,17H,8-9,16H2,1-4H3.